The van der Waals surface area contributed by atoms with Crippen LogP contribution in [0.2, 0.25) is 5.15 Å². The molecule has 1 aromatic heterocycles. The molecule has 1 aliphatic heterocycles. The Hall–Kier alpha value is -1.40. The molecule has 1 aliphatic rings. The van der Waals surface area contributed by atoms with Crippen LogP contribution in [0.15, 0.2) is 0 Å². The number of amides is 2. The Balaban J connectivity index is 2.27. The largest absolute Gasteiger partial charge is 0.320 e. The summed E-state index contributed by atoms with van der Waals surface area (Å²) in [5.41, 5.74) is 7.07. The quantitative estimate of drug-likeness (QED) is 0.787. The van der Waals surface area contributed by atoms with E-state index in [2.05, 4.69) is 5.10 Å². The number of halogens is 1. The van der Waals surface area contributed by atoms with Crippen LogP contribution in [0.25, 0.3) is 0 Å². The minimum atomic E-state index is -0.599. The van der Waals surface area contributed by atoms with Crippen molar-refractivity contribution in [1.82, 2.24) is 14.7 Å². The first kappa shape index (κ1) is 13.0. The van der Waals surface area contributed by atoms with Gasteiger partial charge in [-0.15, -0.1) is 0 Å². The zero-order valence-corrected chi connectivity index (χ0v) is 11.1. The number of aromatic nitrogens is 2. The zero-order chi connectivity index (χ0) is 13.4. The van der Waals surface area contributed by atoms with Crippen molar-refractivity contribution in [3.63, 3.8) is 0 Å². The van der Waals surface area contributed by atoms with Gasteiger partial charge >= 0.3 is 0 Å². The highest BCUT2D eigenvalue weighted by molar-refractivity contribution is 6.30. The third kappa shape index (κ3) is 2.13. The number of piperidine rings is 1. The van der Waals surface area contributed by atoms with Gasteiger partial charge in [-0.1, -0.05) is 11.6 Å². The second-order valence-corrected chi connectivity index (χ2v) is 4.80. The minimum Gasteiger partial charge on any atom is -0.320 e. The molecule has 1 atom stereocenters. The number of nitrogens with zero attached hydrogens (tertiary/aromatic N) is 3. The molecular formula is C11H15ClN4O2. The molecular weight excluding hydrogens is 256 g/mol. The standard InChI is InChI=1S/C11H15ClN4O2/c1-6-7(10(12)15(2)14-6)5-16-9(17)4-3-8(13)11(16)18/h8H,3-5,13H2,1-2H3. The van der Waals surface area contributed by atoms with E-state index >= 15 is 0 Å². The van der Waals surface area contributed by atoms with Gasteiger partial charge in [-0.3, -0.25) is 19.2 Å². The fourth-order valence-corrected chi connectivity index (χ4v) is 2.27. The predicted molar refractivity (Wildman–Crippen MR) is 65.7 cm³/mol. The van der Waals surface area contributed by atoms with Crippen LogP contribution in [-0.2, 0) is 23.2 Å². The Morgan fingerprint density at radius 1 is 1.50 bits per heavy atom. The van der Waals surface area contributed by atoms with E-state index < -0.39 is 6.04 Å². The fraction of sp³-hybridized carbons (Fsp3) is 0.545. The number of imide groups is 1. The number of hydrogen-bond acceptors (Lipinski definition) is 4. The Bertz CT molecular complexity index is 511. The van der Waals surface area contributed by atoms with Crippen molar-refractivity contribution in [2.45, 2.75) is 32.4 Å². The van der Waals surface area contributed by atoms with E-state index in [1.807, 2.05) is 0 Å². The first-order valence-electron chi connectivity index (χ1n) is 5.69. The highest BCUT2D eigenvalue weighted by Gasteiger charge is 2.33. The van der Waals surface area contributed by atoms with Crippen molar-refractivity contribution in [2.75, 3.05) is 0 Å². The van der Waals surface area contributed by atoms with Gasteiger partial charge in [0.2, 0.25) is 11.8 Å². The van der Waals surface area contributed by atoms with Crippen molar-refractivity contribution in [2.24, 2.45) is 12.8 Å². The highest BCUT2D eigenvalue weighted by Crippen LogP contribution is 2.23. The molecule has 1 aromatic rings. The van der Waals surface area contributed by atoms with Gasteiger partial charge in [0.25, 0.3) is 0 Å². The summed E-state index contributed by atoms with van der Waals surface area (Å²) in [6, 6.07) is -0.599. The van der Waals surface area contributed by atoms with Crippen molar-refractivity contribution < 1.29 is 9.59 Å². The molecule has 0 aliphatic carbocycles. The van der Waals surface area contributed by atoms with Crippen LogP contribution < -0.4 is 5.73 Å². The lowest BCUT2D eigenvalue weighted by molar-refractivity contribution is -0.149. The zero-order valence-electron chi connectivity index (χ0n) is 10.3. The smallest absolute Gasteiger partial charge is 0.246 e. The Morgan fingerprint density at radius 2 is 2.17 bits per heavy atom. The molecule has 2 heterocycles. The SMILES string of the molecule is Cc1nn(C)c(Cl)c1CN1C(=O)CCC(N)C1=O. The van der Waals surface area contributed by atoms with Gasteiger partial charge in [-0.25, -0.2) is 0 Å². The van der Waals surface area contributed by atoms with Crippen LogP contribution in [0, 0.1) is 6.92 Å². The van der Waals surface area contributed by atoms with Gasteiger partial charge in [-0.2, -0.15) is 5.10 Å². The van der Waals surface area contributed by atoms with Crippen molar-refractivity contribution in [1.29, 1.82) is 0 Å². The Labute approximate surface area is 110 Å². The molecule has 0 aromatic carbocycles. The van der Waals surface area contributed by atoms with E-state index in [9.17, 15) is 9.59 Å². The summed E-state index contributed by atoms with van der Waals surface area (Å²) in [5, 5.41) is 4.59. The molecule has 1 unspecified atom stereocenters. The summed E-state index contributed by atoms with van der Waals surface area (Å²) >= 11 is 6.09. The lowest BCUT2D eigenvalue weighted by atomic mass is 10.0. The monoisotopic (exact) mass is 270 g/mol. The maximum absolute atomic E-state index is 11.9. The molecule has 18 heavy (non-hydrogen) atoms. The van der Waals surface area contributed by atoms with Crippen LogP contribution in [0.5, 0.6) is 0 Å². The number of carbonyl (C=O) groups excluding carboxylic acids is 2. The average Bonchev–Trinajstić information content (AvgIpc) is 2.55. The molecule has 7 heteroatoms. The van der Waals surface area contributed by atoms with Crippen LogP contribution in [0.4, 0.5) is 0 Å². The molecule has 0 saturated carbocycles. The predicted octanol–water partition coefficient (Wildman–Crippen LogP) is 0.358. The van der Waals surface area contributed by atoms with Crippen molar-refractivity contribution in [3.05, 3.63) is 16.4 Å². The lowest BCUT2D eigenvalue weighted by Gasteiger charge is -2.28. The summed E-state index contributed by atoms with van der Waals surface area (Å²) in [5.74, 6) is -0.549. The Kier molecular flexibility index (Phi) is 3.41. The van der Waals surface area contributed by atoms with E-state index in [4.69, 9.17) is 17.3 Å². The van der Waals surface area contributed by atoms with E-state index in [1.54, 1.807) is 14.0 Å². The van der Waals surface area contributed by atoms with Gasteiger partial charge in [0.05, 0.1) is 18.3 Å². The van der Waals surface area contributed by atoms with Gasteiger partial charge in [0.1, 0.15) is 5.15 Å². The summed E-state index contributed by atoms with van der Waals surface area (Å²) < 4.78 is 1.52. The van der Waals surface area contributed by atoms with E-state index in [0.717, 1.165) is 0 Å². The number of hydrogen-bond donors (Lipinski definition) is 1. The summed E-state index contributed by atoms with van der Waals surface area (Å²) in [6.07, 6.45) is 0.706. The van der Waals surface area contributed by atoms with Gasteiger partial charge < -0.3 is 5.73 Å². The van der Waals surface area contributed by atoms with E-state index in [1.165, 1.54) is 9.58 Å². The fourth-order valence-electron chi connectivity index (χ4n) is 2.04. The third-order valence-corrected chi connectivity index (χ3v) is 3.61. The van der Waals surface area contributed by atoms with Gasteiger partial charge in [0, 0.05) is 19.0 Å². The number of likely N-dealkylation sites (tertiary alicyclic amines) is 1. The van der Waals surface area contributed by atoms with Crippen molar-refractivity contribution >= 4 is 23.4 Å². The first-order chi connectivity index (χ1) is 8.41. The summed E-state index contributed by atoms with van der Waals surface area (Å²) in [7, 11) is 1.71. The van der Waals surface area contributed by atoms with E-state index in [-0.39, 0.29) is 18.4 Å². The summed E-state index contributed by atoms with van der Waals surface area (Å²) in [6.45, 7) is 1.93. The lowest BCUT2D eigenvalue weighted by Crippen LogP contribution is -2.50. The normalized spacial score (nSPS) is 20.7. The van der Waals surface area contributed by atoms with Crippen LogP contribution >= 0.6 is 11.6 Å². The molecule has 2 amide bonds. The molecule has 0 spiro atoms. The highest BCUT2D eigenvalue weighted by atomic mass is 35.5. The molecule has 6 nitrogen and oxygen atoms in total. The van der Waals surface area contributed by atoms with E-state index in [0.29, 0.717) is 29.3 Å². The van der Waals surface area contributed by atoms with Crippen LogP contribution in [0.3, 0.4) is 0 Å². The topological polar surface area (TPSA) is 81.2 Å². The van der Waals surface area contributed by atoms with Gasteiger partial charge in [0.15, 0.2) is 0 Å². The number of rotatable bonds is 2. The number of carbonyl (C=O) groups is 2. The minimum absolute atomic E-state index is 0.143. The van der Waals surface area contributed by atoms with Crippen LogP contribution in [0.1, 0.15) is 24.1 Å². The second-order valence-electron chi connectivity index (χ2n) is 4.44. The van der Waals surface area contributed by atoms with Crippen molar-refractivity contribution in [3.8, 4) is 0 Å². The number of aryl methyl sites for hydroxylation is 2. The molecule has 0 radical (unpaired) electrons. The molecule has 1 fully saturated rings. The Morgan fingerprint density at radius 3 is 2.72 bits per heavy atom. The molecule has 98 valence electrons. The summed E-state index contributed by atoms with van der Waals surface area (Å²) in [4.78, 5) is 24.8. The maximum Gasteiger partial charge on any atom is 0.246 e. The molecule has 2 N–H and O–H groups in total. The molecule has 0 bridgehead atoms. The maximum atomic E-state index is 11.9. The number of nitrogens with two attached hydrogens (primary N) is 1. The third-order valence-electron chi connectivity index (χ3n) is 3.14. The second kappa shape index (κ2) is 4.70. The molecule has 1 saturated heterocycles. The average molecular weight is 271 g/mol. The molecule has 2 rings (SSSR count). The van der Waals surface area contributed by atoms with Gasteiger partial charge in [-0.05, 0) is 13.3 Å². The van der Waals surface area contributed by atoms with Crippen LogP contribution in [-0.4, -0.2) is 32.5 Å². The first-order valence-corrected chi connectivity index (χ1v) is 6.07.